The zero-order valence-corrected chi connectivity index (χ0v) is 21.6. The summed E-state index contributed by atoms with van der Waals surface area (Å²) in [6.45, 7) is 2.51. The Bertz CT molecular complexity index is 1230. The topological polar surface area (TPSA) is 108 Å². The van der Waals surface area contributed by atoms with Gasteiger partial charge >= 0.3 is 12.1 Å². The van der Waals surface area contributed by atoms with Crippen LogP contribution in [0.3, 0.4) is 0 Å². The number of nitrogens with zero attached hydrogens (tertiary/aromatic N) is 1. The van der Waals surface area contributed by atoms with Crippen molar-refractivity contribution in [2.24, 2.45) is 0 Å². The predicted octanol–water partition coefficient (Wildman–Crippen LogP) is 4.01. The second-order valence-electron chi connectivity index (χ2n) is 9.51. The monoisotopic (exact) mass is 515 g/mol. The van der Waals surface area contributed by atoms with Crippen molar-refractivity contribution in [3.05, 3.63) is 95.6 Å². The van der Waals surface area contributed by atoms with Crippen LogP contribution in [0.4, 0.5) is 4.79 Å². The average Bonchev–Trinajstić information content (AvgIpc) is 3.24. The van der Waals surface area contributed by atoms with E-state index < -0.39 is 30.1 Å². The molecule has 3 N–H and O–H groups in total. The third kappa shape index (κ3) is 6.39. The lowest BCUT2D eigenvalue weighted by Crippen LogP contribution is -2.54. The van der Waals surface area contributed by atoms with Gasteiger partial charge in [-0.3, -0.25) is 9.69 Å². The van der Waals surface area contributed by atoms with Crippen LogP contribution in [-0.4, -0.2) is 60.3 Å². The number of rotatable bonds is 11. The number of carbonyl (C=O) groups is 3. The van der Waals surface area contributed by atoms with Crippen LogP contribution in [0.15, 0.2) is 78.9 Å². The van der Waals surface area contributed by atoms with E-state index in [1.807, 2.05) is 71.6 Å². The SMILES string of the molecule is CCC(NC(=O)OCC1c2ccccc2-c2ccccc21)C(=O)NC(CN(C)Cc1ccccc1)C(=O)O. The van der Waals surface area contributed by atoms with Gasteiger partial charge in [0.05, 0.1) is 0 Å². The molecule has 1 aliphatic rings. The van der Waals surface area contributed by atoms with Gasteiger partial charge in [-0.15, -0.1) is 0 Å². The van der Waals surface area contributed by atoms with Crippen molar-refractivity contribution in [3.63, 3.8) is 0 Å². The van der Waals surface area contributed by atoms with Gasteiger partial charge in [-0.1, -0.05) is 85.8 Å². The van der Waals surface area contributed by atoms with E-state index in [2.05, 4.69) is 22.8 Å². The smallest absolute Gasteiger partial charge is 0.407 e. The number of likely N-dealkylation sites (N-methyl/N-ethyl adjacent to an activating group) is 1. The van der Waals surface area contributed by atoms with Crippen molar-refractivity contribution in [1.29, 1.82) is 0 Å². The minimum atomic E-state index is -1.14. The molecule has 0 aliphatic heterocycles. The van der Waals surface area contributed by atoms with E-state index in [4.69, 9.17) is 4.74 Å². The van der Waals surface area contributed by atoms with Crippen molar-refractivity contribution < 1.29 is 24.2 Å². The number of fused-ring (bicyclic) bond motifs is 3. The van der Waals surface area contributed by atoms with Crippen LogP contribution in [0.5, 0.6) is 0 Å². The summed E-state index contributed by atoms with van der Waals surface area (Å²) >= 11 is 0. The van der Waals surface area contributed by atoms with Crippen LogP contribution < -0.4 is 10.6 Å². The minimum absolute atomic E-state index is 0.0985. The van der Waals surface area contributed by atoms with Crippen molar-refractivity contribution >= 4 is 18.0 Å². The van der Waals surface area contributed by atoms with Gasteiger partial charge in [-0.2, -0.15) is 0 Å². The van der Waals surface area contributed by atoms with Crippen LogP contribution in [0.1, 0.15) is 36.0 Å². The van der Waals surface area contributed by atoms with E-state index in [1.54, 1.807) is 14.0 Å². The number of ether oxygens (including phenoxy) is 1. The molecule has 4 rings (SSSR count). The molecule has 0 bridgehead atoms. The number of aliphatic carboxylic acids is 1. The van der Waals surface area contributed by atoms with Gasteiger partial charge in [0, 0.05) is 19.0 Å². The van der Waals surface area contributed by atoms with E-state index in [-0.39, 0.29) is 25.5 Å². The molecule has 3 aromatic carbocycles. The molecule has 2 unspecified atom stereocenters. The number of carbonyl (C=O) groups excluding carboxylic acids is 2. The van der Waals surface area contributed by atoms with Gasteiger partial charge in [-0.25, -0.2) is 9.59 Å². The average molecular weight is 516 g/mol. The van der Waals surface area contributed by atoms with E-state index in [1.165, 1.54) is 0 Å². The normalized spacial score (nSPS) is 13.8. The fourth-order valence-electron chi connectivity index (χ4n) is 4.86. The molecule has 38 heavy (non-hydrogen) atoms. The maximum absolute atomic E-state index is 12.9. The van der Waals surface area contributed by atoms with Gasteiger partial charge < -0.3 is 20.5 Å². The highest BCUT2D eigenvalue weighted by atomic mass is 16.5. The highest BCUT2D eigenvalue weighted by Gasteiger charge is 2.30. The molecule has 0 saturated carbocycles. The van der Waals surface area contributed by atoms with Crippen LogP contribution >= 0.6 is 0 Å². The first-order chi connectivity index (χ1) is 18.4. The molecule has 0 aromatic heterocycles. The summed E-state index contributed by atoms with van der Waals surface area (Å²) in [7, 11) is 1.79. The number of hydrogen-bond donors (Lipinski definition) is 3. The molecule has 2 amide bonds. The summed E-state index contributed by atoms with van der Waals surface area (Å²) in [5.41, 5.74) is 5.47. The molecule has 0 radical (unpaired) electrons. The first-order valence-electron chi connectivity index (χ1n) is 12.7. The number of benzene rings is 3. The number of nitrogens with one attached hydrogen (secondary N) is 2. The fourth-order valence-corrected chi connectivity index (χ4v) is 4.86. The molecule has 3 aromatic rings. The molecule has 1 aliphatic carbocycles. The number of carboxylic acids is 1. The van der Waals surface area contributed by atoms with Gasteiger partial charge in [-0.05, 0) is 41.3 Å². The standard InChI is InChI=1S/C30H33N3O5/c1-3-26(28(34)31-27(29(35)36)18-33(2)17-20-11-5-4-6-12-20)32-30(37)38-19-25-23-15-9-7-13-21(23)22-14-8-10-16-24(22)25/h4-16,25-27H,3,17-19H2,1-2H3,(H,31,34)(H,32,37)(H,35,36). The van der Waals surface area contributed by atoms with Crippen molar-refractivity contribution in [1.82, 2.24) is 15.5 Å². The van der Waals surface area contributed by atoms with Crippen molar-refractivity contribution in [2.75, 3.05) is 20.2 Å². The Morgan fingerprint density at radius 3 is 2.03 bits per heavy atom. The number of amides is 2. The first kappa shape index (κ1) is 26.9. The van der Waals surface area contributed by atoms with E-state index >= 15 is 0 Å². The molecule has 0 saturated heterocycles. The summed E-state index contributed by atoms with van der Waals surface area (Å²) in [5, 5.41) is 14.8. The summed E-state index contributed by atoms with van der Waals surface area (Å²) in [5.74, 6) is -1.81. The molecular formula is C30H33N3O5. The molecular weight excluding hydrogens is 482 g/mol. The lowest BCUT2D eigenvalue weighted by molar-refractivity contribution is -0.142. The Hall–Kier alpha value is -4.17. The highest BCUT2D eigenvalue weighted by Crippen LogP contribution is 2.44. The number of alkyl carbamates (subject to hydrolysis) is 1. The minimum Gasteiger partial charge on any atom is -0.480 e. The van der Waals surface area contributed by atoms with Crippen molar-refractivity contribution in [2.45, 2.75) is 37.9 Å². The maximum Gasteiger partial charge on any atom is 0.407 e. The van der Waals surface area contributed by atoms with Crippen LogP contribution in [0.2, 0.25) is 0 Å². The molecule has 0 fully saturated rings. The Morgan fingerprint density at radius 1 is 0.868 bits per heavy atom. The molecule has 0 spiro atoms. The lowest BCUT2D eigenvalue weighted by Gasteiger charge is -2.24. The zero-order chi connectivity index (χ0) is 27.1. The van der Waals surface area contributed by atoms with Crippen LogP contribution in [-0.2, 0) is 20.9 Å². The highest BCUT2D eigenvalue weighted by molar-refractivity contribution is 5.89. The largest absolute Gasteiger partial charge is 0.480 e. The third-order valence-corrected chi connectivity index (χ3v) is 6.76. The quantitative estimate of drug-likeness (QED) is 0.356. The summed E-state index contributed by atoms with van der Waals surface area (Å²) in [4.78, 5) is 39.2. The summed E-state index contributed by atoms with van der Waals surface area (Å²) < 4.78 is 5.55. The number of carboxylic acid groups (broad SMARTS) is 1. The van der Waals surface area contributed by atoms with Gasteiger partial charge in [0.2, 0.25) is 5.91 Å². The lowest BCUT2D eigenvalue weighted by atomic mass is 9.98. The van der Waals surface area contributed by atoms with E-state index in [0.717, 1.165) is 27.8 Å². The van der Waals surface area contributed by atoms with Crippen LogP contribution in [0.25, 0.3) is 11.1 Å². The maximum atomic E-state index is 12.9. The Kier molecular flexibility index (Phi) is 8.76. The van der Waals surface area contributed by atoms with Gasteiger partial charge in [0.15, 0.2) is 0 Å². The molecule has 198 valence electrons. The zero-order valence-electron chi connectivity index (χ0n) is 21.6. The second-order valence-corrected chi connectivity index (χ2v) is 9.51. The van der Waals surface area contributed by atoms with Crippen LogP contribution in [0, 0.1) is 0 Å². The molecule has 8 nitrogen and oxygen atoms in total. The second kappa shape index (κ2) is 12.4. The van der Waals surface area contributed by atoms with E-state index in [9.17, 15) is 19.5 Å². The van der Waals surface area contributed by atoms with Gasteiger partial charge in [0.25, 0.3) is 0 Å². The number of hydrogen-bond acceptors (Lipinski definition) is 5. The predicted molar refractivity (Wildman–Crippen MR) is 145 cm³/mol. The Balaban J connectivity index is 1.32. The third-order valence-electron chi connectivity index (χ3n) is 6.76. The van der Waals surface area contributed by atoms with E-state index in [0.29, 0.717) is 6.54 Å². The summed E-state index contributed by atoms with van der Waals surface area (Å²) in [6, 6.07) is 23.7. The molecule has 2 atom stereocenters. The fraction of sp³-hybridized carbons (Fsp3) is 0.300. The Morgan fingerprint density at radius 2 is 1.45 bits per heavy atom. The Labute approximate surface area is 222 Å². The summed E-state index contributed by atoms with van der Waals surface area (Å²) in [6.07, 6.45) is -0.440. The van der Waals surface area contributed by atoms with Crippen molar-refractivity contribution in [3.8, 4) is 11.1 Å². The van der Waals surface area contributed by atoms with Gasteiger partial charge in [0.1, 0.15) is 18.7 Å². The molecule has 8 heteroatoms. The molecule has 0 heterocycles. The first-order valence-corrected chi connectivity index (χ1v) is 12.7.